The average molecular weight is 329 g/mol. The summed E-state index contributed by atoms with van der Waals surface area (Å²) in [5.74, 6) is -0.473. The fourth-order valence-electron chi connectivity index (χ4n) is 1.72. The number of hydrogen-bond acceptors (Lipinski definition) is 5. The second-order valence-corrected chi connectivity index (χ2v) is 4.47. The van der Waals surface area contributed by atoms with Gasteiger partial charge in [0.2, 0.25) is 0 Å². The average Bonchev–Trinajstić information content (AvgIpc) is 2.96. The third kappa shape index (κ3) is 4.70. The van der Waals surface area contributed by atoms with Crippen molar-refractivity contribution in [1.82, 2.24) is 14.8 Å². The van der Waals surface area contributed by atoms with E-state index < -0.39 is 17.7 Å². The van der Waals surface area contributed by atoms with Crippen LogP contribution in [-0.4, -0.2) is 33.9 Å². The number of esters is 1. The summed E-state index contributed by atoms with van der Waals surface area (Å²) in [6, 6.07) is 0.875. The van der Waals surface area contributed by atoms with Gasteiger partial charge in [0.15, 0.2) is 0 Å². The summed E-state index contributed by atoms with van der Waals surface area (Å²) in [6.07, 6.45) is 0.285. The quantitative estimate of drug-likeness (QED) is 0.762. The summed E-state index contributed by atoms with van der Waals surface area (Å²) in [5, 5.41) is 3.95. The minimum absolute atomic E-state index is 0.0117. The van der Waals surface area contributed by atoms with Gasteiger partial charge in [-0.3, -0.25) is 9.67 Å². The Labute approximate surface area is 129 Å². The largest absolute Gasteiger partial charge is 0.490 e. The van der Waals surface area contributed by atoms with E-state index in [-0.39, 0.29) is 25.5 Å². The Bertz CT molecular complexity index is 671. The Hall–Kier alpha value is -2.58. The van der Waals surface area contributed by atoms with E-state index in [0.717, 1.165) is 12.3 Å². The highest BCUT2D eigenvalue weighted by Crippen LogP contribution is 2.30. The molecule has 0 bridgehead atoms. The van der Waals surface area contributed by atoms with Crippen molar-refractivity contribution in [3.8, 4) is 5.75 Å². The number of hydrogen-bond donors (Lipinski definition) is 0. The molecule has 0 aromatic carbocycles. The predicted octanol–water partition coefficient (Wildman–Crippen LogP) is 2.55. The van der Waals surface area contributed by atoms with Crippen LogP contribution in [0.25, 0.3) is 0 Å². The van der Waals surface area contributed by atoms with Crippen LogP contribution in [0.1, 0.15) is 22.8 Å². The molecule has 0 unspecified atom stereocenters. The van der Waals surface area contributed by atoms with Crippen LogP contribution < -0.4 is 4.74 Å². The highest BCUT2D eigenvalue weighted by molar-refractivity contribution is 5.88. The molecule has 0 aliphatic rings. The number of pyridine rings is 1. The van der Waals surface area contributed by atoms with Crippen molar-refractivity contribution < 1.29 is 27.4 Å². The molecular formula is C14H14F3N3O3. The van der Waals surface area contributed by atoms with Gasteiger partial charge in [-0.25, -0.2) is 4.79 Å². The second kappa shape index (κ2) is 7.12. The summed E-state index contributed by atoms with van der Waals surface area (Å²) in [7, 11) is 0. The van der Waals surface area contributed by atoms with E-state index >= 15 is 0 Å². The zero-order valence-electron chi connectivity index (χ0n) is 12.2. The molecule has 0 saturated carbocycles. The van der Waals surface area contributed by atoms with Crippen LogP contribution in [0.15, 0.2) is 30.9 Å². The van der Waals surface area contributed by atoms with E-state index in [9.17, 15) is 18.0 Å². The van der Waals surface area contributed by atoms with Gasteiger partial charge in [-0.05, 0) is 13.0 Å². The van der Waals surface area contributed by atoms with Crippen LogP contribution in [0.4, 0.5) is 13.2 Å². The van der Waals surface area contributed by atoms with Gasteiger partial charge in [0.25, 0.3) is 0 Å². The lowest BCUT2D eigenvalue weighted by molar-refractivity contribution is -0.138. The molecule has 124 valence electrons. The maximum Gasteiger partial charge on any atom is 0.418 e. The Kier molecular flexibility index (Phi) is 5.20. The summed E-state index contributed by atoms with van der Waals surface area (Å²) in [4.78, 5) is 15.0. The van der Waals surface area contributed by atoms with Crippen LogP contribution in [0.3, 0.4) is 0 Å². The molecule has 0 N–H and O–H groups in total. The fraction of sp³-hybridized carbons (Fsp3) is 0.357. The highest BCUT2D eigenvalue weighted by atomic mass is 19.4. The zero-order chi connectivity index (χ0) is 16.9. The first kappa shape index (κ1) is 16.8. The molecule has 2 heterocycles. The van der Waals surface area contributed by atoms with Gasteiger partial charge in [0.05, 0.1) is 36.7 Å². The number of carbonyl (C=O) groups excluding carboxylic acids is 1. The topological polar surface area (TPSA) is 66.2 Å². The van der Waals surface area contributed by atoms with Crippen LogP contribution in [0.5, 0.6) is 5.75 Å². The highest BCUT2D eigenvalue weighted by Gasteiger charge is 2.31. The number of aromatic nitrogens is 3. The molecule has 23 heavy (non-hydrogen) atoms. The van der Waals surface area contributed by atoms with Crippen LogP contribution >= 0.6 is 0 Å². The van der Waals surface area contributed by atoms with E-state index in [0.29, 0.717) is 5.56 Å². The Morgan fingerprint density at radius 2 is 2.09 bits per heavy atom. The first-order valence-corrected chi connectivity index (χ1v) is 6.74. The Morgan fingerprint density at radius 3 is 2.78 bits per heavy atom. The molecule has 0 amide bonds. The van der Waals surface area contributed by atoms with Crippen LogP contribution in [0.2, 0.25) is 0 Å². The molecule has 2 rings (SSSR count). The zero-order valence-corrected chi connectivity index (χ0v) is 12.2. The third-order valence-electron chi connectivity index (χ3n) is 2.77. The maximum absolute atomic E-state index is 12.5. The maximum atomic E-state index is 12.5. The van der Waals surface area contributed by atoms with Crippen molar-refractivity contribution in [2.45, 2.75) is 19.6 Å². The first-order valence-electron chi connectivity index (χ1n) is 6.74. The monoisotopic (exact) mass is 329 g/mol. The molecule has 9 heteroatoms. The lowest BCUT2D eigenvalue weighted by Gasteiger charge is -2.09. The van der Waals surface area contributed by atoms with Crippen molar-refractivity contribution >= 4 is 5.97 Å². The lowest BCUT2D eigenvalue weighted by atomic mass is 10.3. The number of halogens is 3. The molecule has 2 aromatic heterocycles. The van der Waals surface area contributed by atoms with Gasteiger partial charge in [-0.15, -0.1) is 0 Å². The molecule has 2 aromatic rings. The normalized spacial score (nSPS) is 11.3. The van der Waals surface area contributed by atoms with Crippen molar-refractivity contribution in [2.24, 2.45) is 0 Å². The molecular weight excluding hydrogens is 315 g/mol. The van der Waals surface area contributed by atoms with Gasteiger partial charge in [-0.2, -0.15) is 18.3 Å². The van der Waals surface area contributed by atoms with Crippen molar-refractivity contribution in [3.63, 3.8) is 0 Å². The van der Waals surface area contributed by atoms with E-state index in [1.807, 2.05) is 0 Å². The number of alkyl halides is 3. The molecule has 0 aliphatic heterocycles. The fourth-order valence-corrected chi connectivity index (χ4v) is 1.72. The number of rotatable bonds is 6. The lowest BCUT2D eigenvalue weighted by Crippen LogP contribution is -2.10. The molecule has 0 aliphatic carbocycles. The van der Waals surface area contributed by atoms with Crippen LogP contribution in [0, 0.1) is 0 Å². The van der Waals surface area contributed by atoms with Gasteiger partial charge >= 0.3 is 12.1 Å². The Morgan fingerprint density at radius 1 is 1.30 bits per heavy atom. The van der Waals surface area contributed by atoms with Crippen molar-refractivity contribution in [2.75, 3.05) is 13.2 Å². The van der Waals surface area contributed by atoms with E-state index in [2.05, 4.69) is 10.1 Å². The first-order chi connectivity index (χ1) is 10.9. The minimum Gasteiger partial charge on any atom is -0.490 e. The van der Waals surface area contributed by atoms with E-state index in [1.54, 1.807) is 6.92 Å². The third-order valence-corrected chi connectivity index (χ3v) is 2.77. The summed E-state index contributed by atoms with van der Waals surface area (Å²) in [5.41, 5.74) is -0.578. The van der Waals surface area contributed by atoms with Crippen LogP contribution in [-0.2, 0) is 17.5 Å². The molecule has 0 spiro atoms. The van der Waals surface area contributed by atoms with Crippen molar-refractivity contribution in [1.29, 1.82) is 0 Å². The minimum atomic E-state index is -4.47. The second-order valence-electron chi connectivity index (χ2n) is 4.47. The van der Waals surface area contributed by atoms with E-state index in [1.165, 1.54) is 23.3 Å². The van der Waals surface area contributed by atoms with Crippen molar-refractivity contribution in [3.05, 3.63) is 42.0 Å². The standard InChI is InChI=1S/C14H14F3N3O3/c1-2-22-13(21)10-6-19-20(9-10)3-4-23-12-5-11(7-18-8-12)14(15,16)17/h5-9H,2-4H2,1H3. The summed E-state index contributed by atoms with van der Waals surface area (Å²) >= 11 is 0. The van der Waals surface area contributed by atoms with Gasteiger partial charge in [0.1, 0.15) is 12.4 Å². The van der Waals surface area contributed by atoms with Gasteiger partial charge in [0, 0.05) is 12.4 Å². The molecule has 0 saturated heterocycles. The number of carbonyl (C=O) groups is 1. The van der Waals surface area contributed by atoms with Gasteiger partial charge < -0.3 is 9.47 Å². The predicted molar refractivity (Wildman–Crippen MR) is 72.9 cm³/mol. The summed E-state index contributed by atoms with van der Waals surface area (Å²) in [6.45, 7) is 2.29. The summed E-state index contributed by atoms with van der Waals surface area (Å²) < 4.78 is 49.1. The Balaban J connectivity index is 1.89. The molecule has 0 fully saturated rings. The molecule has 0 radical (unpaired) electrons. The number of nitrogens with zero attached hydrogens (tertiary/aromatic N) is 3. The number of ether oxygens (including phenoxy) is 2. The smallest absolute Gasteiger partial charge is 0.418 e. The van der Waals surface area contributed by atoms with E-state index in [4.69, 9.17) is 9.47 Å². The molecule has 0 atom stereocenters. The molecule has 6 nitrogen and oxygen atoms in total. The van der Waals surface area contributed by atoms with Gasteiger partial charge in [-0.1, -0.05) is 0 Å². The SMILES string of the molecule is CCOC(=O)c1cnn(CCOc2cncc(C(F)(F)F)c2)c1.